The van der Waals surface area contributed by atoms with Gasteiger partial charge in [-0.2, -0.15) is 0 Å². The summed E-state index contributed by atoms with van der Waals surface area (Å²) in [5, 5.41) is 18.4. The Balaban J connectivity index is 2.34. The lowest BCUT2D eigenvalue weighted by atomic mass is 10.1. The highest BCUT2D eigenvalue weighted by molar-refractivity contribution is 5.78. The smallest absolute Gasteiger partial charge is 0.136 e. The van der Waals surface area contributed by atoms with Crippen LogP contribution in [0.3, 0.4) is 0 Å². The van der Waals surface area contributed by atoms with Gasteiger partial charge in [0.2, 0.25) is 0 Å². The van der Waals surface area contributed by atoms with Gasteiger partial charge in [0, 0.05) is 30.5 Å². The molecule has 0 spiro atoms. The van der Waals surface area contributed by atoms with Gasteiger partial charge in [0.05, 0.1) is 19.0 Å². The number of nitrogens with zero attached hydrogens (tertiary/aromatic N) is 1. The molecule has 1 unspecified atom stereocenters. The first-order chi connectivity index (χ1) is 9.11. The molecule has 0 aliphatic heterocycles. The Bertz CT molecular complexity index is 525. The summed E-state index contributed by atoms with van der Waals surface area (Å²) < 4.78 is 5.40. The summed E-state index contributed by atoms with van der Waals surface area (Å²) in [4.78, 5) is 1.86. The summed E-state index contributed by atoms with van der Waals surface area (Å²) in [5.74, 6) is 0.715. The first kappa shape index (κ1) is 13.5. The number of rotatable bonds is 5. The van der Waals surface area contributed by atoms with Crippen molar-refractivity contribution >= 4 is 11.4 Å². The minimum atomic E-state index is -0.785. The van der Waals surface area contributed by atoms with Gasteiger partial charge in [-0.25, -0.2) is 0 Å². The normalized spacial score (nSPS) is 12.4. The van der Waals surface area contributed by atoms with Crippen LogP contribution in [0.25, 0.3) is 11.3 Å². The zero-order valence-corrected chi connectivity index (χ0v) is 10.8. The number of furan rings is 1. The highest BCUT2D eigenvalue weighted by Crippen LogP contribution is 2.32. The number of benzene rings is 1. The van der Waals surface area contributed by atoms with E-state index in [0.29, 0.717) is 18.0 Å². The van der Waals surface area contributed by atoms with Crippen molar-refractivity contribution in [1.82, 2.24) is 0 Å². The number of aliphatic hydroxyl groups excluding tert-OH is 2. The fraction of sp³-hybridized carbons (Fsp3) is 0.286. The van der Waals surface area contributed by atoms with Gasteiger partial charge in [-0.15, -0.1) is 0 Å². The Hall–Kier alpha value is -1.98. The quantitative estimate of drug-likeness (QED) is 0.708. The average molecular weight is 262 g/mol. The first-order valence-corrected chi connectivity index (χ1v) is 6.05. The van der Waals surface area contributed by atoms with E-state index in [-0.39, 0.29) is 6.61 Å². The van der Waals surface area contributed by atoms with Gasteiger partial charge >= 0.3 is 0 Å². The van der Waals surface area contributed by atoms with E-state index in [1.165, 1.54) is 0 Å². The topological polar surface area (TPSA) is 82.9 Å². The molecule has 0 saturated heterocycles. The maximum atomic E-state index is 9.53. The lowest BCUT2D eigenvalue weighted by Crippen LogP contribution is -2.31. The molecule has 1 heterocycles. The molecule has 2 aromatic rings. The van der Waals surface area contributed by atoms with Crippen LogP contribution < -0.4 is 10.6 Å². The van der Waals surface area contributed by atoms with Crippen LogP contribution in [0.2, 0.25) is 0 Å². The van der Waals surface area contributed by atoms with Crippen LogP contribution in [-0.2, 0) is 0 Å². The zero-order valence-electron chi connectivity index (χ0n) is 10.8. The molecule has 0 bridgehead atoms. The average Bonchev–Trinajstić information content (AvgIpc) is 2.92. The molecule has 5 nitrogen and oxygen atoms in total. The molecular formula is C14H18N2O3. The highest BCUT2D eigenvalue weighted by Gasteiger charge is 2.14. The van der Waals surface area contributed by atoms with Gasteiger partial charge in [0.15, 0.2) is 0 Å². The summed E-state index contributed by atoms with van der Waals surface area (Å²) in [7, 11) is 1.84. The van der Waals surface area contributed by atoms with E-state index in [2.05, 4.69) is 0 Å². The Kier molecular flexibility index (Phi) is 4.09. The van der Waals surface area contributed by atoms with Crippen molar-refractivity contribution in [3.05, 3.63) is 36.6 Å². The molecule has 1 aromatic heterocycles. The Morgan fingerprint density at radius 1 is 1.37 bits per heavy atom. The molecule has 0 amide bonds. The predicted octanol–water partition coefficient (Wildman–Crippen LogP) is 1.32. The summed E-state index contributed by atoms with van der Waals surface area (Å²) in [6, 6.07) is 9.16. The molecule has 5 heteroatoms. The predicted molar refractivity (Wildman–Crippen MR) is 74.9 cm³/mol. The molecule has 1 aromatic carbocycles. The van der Waals surface area contributed by atoms with Crippen LogP contribution >= 0.6 is 0 Å². The fourth-order valence-electron chi connectivity index (χ4n) is 1.99. The molecule has 0 saturated carbocycles. The van der Waals surface area contributed by atoms with E-state index in [1.54, 1.807) is 12.3 Å². The van der Waals surface area contributed by atoms with Gasteiger partial charge in [-0.1, -0.05) is 0 Å². The van der Waals surface area contributed by atoms with Crippen LogP contribution in [0, 0.1) is 0 Å². The van der Waals surface area contributed by atoms with Crippen molar-refractivity contribution in [3.63, 3.8) is 0 Å². The minimum Gasteiger partial charge on any atom is -0.464 e. The van der Waals surface area contributed by atoms with E-state index in [4.69, 9.17) is 15.3 Å². The summed E-state index contributed by atoms with van der Waals surface area (Å²) in [5.41, 5.74) is 8.20. The van der Waals surface area contributed by atoms with E-state index >= 15 is 0 Å². The van der Waals surface area contributed by atoms with Crippen molar-refractivity contribution in [2.75, 3.05) is 30.8 Å². The number of nitrogens with two attached hydrogens (primary N) is 1. The first-order valence-electron chi connectivity index (χ1n) is 6.05. The highest BCUT2D eigenvalue weighted by atomic mass is 16.3. The number of hydrogen-bond acceptors (Lipinski definition) is 5. The summed E-state index contributed by atoms with van der Waals surface area (Å²) >= 11 is 0. The van der Waals surface area contributed by atoms with Crippen molar-refractivity contribution in [2.24, 2.45) is 0 Å². The molecule has 19 heavy (non-hydrogen) atoms. The molecule has 2 rings (SSSR count). The molecule has 1 atom stereocenters. The second-order valence-corrected chi connectivity index (χ2v) is 4.47. The van der Waals surface area contributed by atoms with Crippen LogP contribution in [0.4, 0.5) is 11.4 Å². The number of anilines is 2. The van der Waals surface area contributed by atoms with Crippen LogP contribution in [-0.4, -0.2) is 36.5 Å². The monoisotopic (exact) mass is 262 g/mol. The van der Waals surface area contributed by atoms with E-state index < -0.39 is 6.10 Å². The number of likely N-dealkylation sites (N-methyl/N-ethyl adjacent to an activating group) is 1. The van der Waals surface area contributed by atoms with Crippen LogP contribution in [0.5, 0.6) is 0 Å². The van der Waals surface area contributed by atoms with Crippen molar-refractivity contribution in [1.29, 1.82) is 0 Å². The minimum absolute atomic E-state index is 0.268. The molecule has 0 fully saturated rings. The van der Waals surface area contributed by atoms with Gasteiger partial charge in [0.25, 0.3) is 0 Å². The van der Waals surface area contributed by atoms with E-state index in [0.717, 1.165) is 11.3 Å². The van der Waals surface area contributed by atoms with Crippen LogP contribution in [0.15, 0.2) is 41.0 Å². The second kappa shape index (κ2) is 5.77. The molecule has 102 valence electrons. The fourth-order valence-corrected chi connectivity index (χ4v) is 1.99. The largest absolute Gasteiger partial charge is 0.464 e. The SMILES string of the molecule is CN(CC(O)CO)c1ccc(N)cc1-c1ccco1. The van der Waals surface area contributed by atoms with E-state index in [1.807, 2.05) is 36.2 Å². The van der Waals surface area contributed by atoms with Crippen molar-refractivity contribution in [2.45, 2.75) is 6.10 Å². The number of hydrogen-bond donors (Lipinski definition) is 3. The maximum absolute atomic E-state index is 9.53. The summed E-state index contributed by atoms with van der Waals surface area (Å²) in [6.45, 7) is 0.0591. The molecule has 0 aliphatic rings. The molecular weight excluding hydrogens is 244 g/mol. The van der Waals surface area contributed by atoms with E-state index in [9.17, 15) is 5.11 Å². The zero-order chi connectivity index (χ0) is 13.8. The third-order valence-corrected chi connectivity index (χ3v) is 2.91. The Morgan fingerprint density at radius 3 is 2.79 bits per heavy atom. The molecule has 4 N–H and O–H groups in total. The molecule has 0 radical (unpaired) electrons. The number of aliphatic hydroxyl groups is 2. The van der Waals surface area contributed by atoms with Crippen molar-refractivity contribution in [3.8, 4) is 11.3 Å². The third kappa shape index (κ3) is 3.07. The molecule has 0 aliphatic carbocycles. The number of nitrogen functional groups attached to an aromatic ring is 1. The summed E-state index contributed by atoms with van der Waals surface area (Å²) in [6.07, 6.45) is 0.817. The maximum Gasteiger partial charge on any atom is 0.136 e. The van der Waals surface area contributed by atoms with Crippen LogP contribution in [0.1, 0.15) is 0 Å². The lowest BCUT2D eigenvalue weighted by molar-refractivity contribution is 0.101. The lowest BCUT2D eigenvalue weighted by Gasteiger charge is -2.24. The third-order valence-electron chi connectivity index (χ3n) is 2.91. The van der Waals surface area contributed by atoms with Gasteiger partial charge in [-0.3, -0.25) is 0 Å². The van der Waals surface area contributed by atoms with Gasteiger partial charge in [-0.05, 0) is 30.3 Å². The Morgan fingerprint density at radius 2 is 2.16 bits per heavy atom. The standard InChI is InChI=1S/C14H18N2O3/c1-16(8-11(18)9-17)13-5-4-10(15)7-12(13)14-3-2-6-19-14/h2-7,11,17-18H,8-9,15H2,1H3. The second-order valence-electron chi connectivity index (χ2n) is 4.47. The Labute approximate surface area is 111 Å². The van der Waals surface area contributed by atoms with Gasteiger partial charge in [0.1, 0.15) is 5.76 Å². The van der Waals surface area contributed by atoms with Crippen molar-refractivity contribution < 1.29 is 14.6 Å². The van der Waals surface area contributed by atoms with Gasteiger partial charge < -0.3 is 25.3 Å².